The Morgan fingerprint density at radius 1 is 1.25 bits per heavy atom. The number of rotatable bonds is 5. The maximum atomic E-state index is 14.7. The van der Waals surface area contributed by atoms with Crippen molar-refractivity contribution in [3.8, 4) is 22.6 Å². The summed E-state index contributed by atoms with van der Waals surface area (Å²) in [7, 11) is 1.77. The smallest absolute Gasteiger partial charge is 0.257 e. The molecule has 0 spiro atoms. The molecule has 2 aromatic rings. The Kier molecular flexibility index (Phi) is 5.81. The standard InChI is InChI=1S/C25H28FN7O3/c1-27-22-10-19(30-24-16(12-29-33(22)24)25(35)31-18-5-2-6-21(18)34)15-11-28-23-14(15)4-3-8-32(23)20-7-9-36-13-17(20)26/h3-4,8,10-12,17-18,20-21,27,34H,2,5-7,9,13H2,1H3,(H,31,35)/t17-,18+,20+,21-/m1/s1. The molecular formula is C25H28FN7O3. The molecule has 4 aliphatic rings. The first-order valence-corrected chi connectivity index (χ1v) is 12.3. The van der Waals surface area contributed by atoms with Crippen molar-refractivity contribution in [2.75, 3.05) is 25.6 Å². The fourth-order valence-corrected chi connectivity index (χ4v) is 5.33. The summed E-state index contributed by atoms with van der Waals surface area (Å²) in [5, 5.41) is 20.6. The zero-order valence-electron chi connectivity index (χ0n) is 19.9. The molecule has 11 heteroatoms. The number of hydrogen-bond donors (Lipinski definition) is 3. The molecule has 1 saturated heterocycles. The highest BCUT2D eigenvalue weighted by Gasteiger charge is 2.31. The lowest BCUT2D eigenvalue weighted by Crippen LogP contribution is -2.39. The predicted molar refractivity (Wildman–Crippen MR) is 131 cm³/mol. The van der Waals surface area contributed by atoms with E-state index in [4.69, 9.17) is 9.72 Å². The first kappa shape index (κ1) is 22.9. The number of aromatic nitrogens is 5. The lowest BCUT2D eigenvalue weighted by molar-refractivity contribution is 0.00346. The Morgan fingerprint density at radius 2 is 2.14 bits per heavy atom. The Labute approximate surface area is 206 Å². The quantitative estimate of drug-likeness (QED) is 0.391. The number of aliphatic hydroxyl groups excluding tert-OH is 1. The molecule has 0 aromatic carbocycles. The number of fused-ring (bicyclic) bond motifs is 2. The third-order valence-corrected chi connectivity index (χ3v) is 7.26. The number of carbonyl (C=O) groups excluding carboxylic acids is 1. The third-order valence-electron chi connectivity index (χ3n) is 7.26. The molecule has 188 valence electrons. The van der Waals surface area contributed by atoms with Gasteiger partial charge in [-0.2, -0.15) is 9.61 Å². The van der Waals surface area contributed by atoms with E-state index in [0.717, 1.165) is 24.0 Å². The van der Waals surface area contributed by atoms with Crippen molar-refractivity contribution in [2.45, 2.75) is 50.0 Å². The van der Waals surface area contributed by atoms with Crippen molar-refractivity contribution in [3.63, 3.8) is 0 Å². The minimum Gasteiger partial charge on any atom is -0.391 e. The van der Waals surface area contributed by atoms with Gasteiger partial charge in [-0.05, 0) is 37.8 Å². The lowest BCUT2D eigenvalue weighted by Gasteiger charge is -2.29. The van der Waals surface area contributed by atoms with Crippen LogP contribution in [0.5, 0.6) is 0 Å². The van der Waals surface area contributed by atoms with Gasteiger partial charge in [0.1, 0.15) is 23.4 Å². The largest absolute Gasteiger partial charge is 0.391 e. The molecule has 5 heterocycles. The van der Waals surface area contributed by atoms with Crippen LogP contribution in [-0.2, 0) is 4.74 Å². The molecule has 0 bridgehead atoms. The molecule has 10 nitrogen and oxygen atoms in total. The maximum Gasteiger partial charge on any atom is 0.257 e. The van der Waals surface area contributed by atoms with E-state index in [1.54, 1.807) is 17.8 Å². The fraction of sp³-hybridized carbons (Fsp3) is 0.440. The molecule has 0 unspecified atom stereocenters. The first-order chi connectivity index (χ1) is 17.5. The van der Waals surface area contributed by atoms with Gasteiger partial charge in [-0.3, -0.25) is 4.79 Å². The average Bonchev–Trinajstić information content (AvgIpc) is 3.62. The van der Waals surface area contributed by atoms with Crippen LogP contribution in [-0.4, -0.2) is 73.7 Å². The van der Waals surface area contributed by atoms with Crippen LogP contribution in [0.1, 0.15) is 42.1 Å². The van der Waals surface area contributed by atoms with E-state index >= 15 is 0 Å². The minimum absolute atomic E-state index is 0.0787. The number of pyridine rings is 1. The number of ether oxygens (including phenoxy) is 1. The number of hydrogen-bond acceptors (Lipinski definition) is 7. The molecule has 6 rings (SSSR count). The van der Waals surface area contributed by atoms with Gasteiger partial charge in [0, 0.05) is 43.2 Å². The monoisotopic (exact) mass is 493 g/mol. The minimum atomic E-state index is -1.11. The summed E-state index contributed by atoms with van der Waals surface area (Å²) in [6.07, 6.45) is 6.31. The number of nitrogens with zero attached hydrogens (tertiary/aromatic N) is 5. The number of alkyl halides is 1. The van der Waals surface area contributed by atoms with Crippen LogP contribution >= 0.6 is 0 Å². The summed E-state index contributed by atoms with van der Waals surface area (Å²) in [5.74, 6) is 1.01. The zero-order valence-corrected chi connectivity index (χ0v) is 19.9. The van der Waals surface area contributed by atoms with Crippen LogP contribution in [0.25, 0.3) is 28.3 Å². The van der Waals surface area contributed by atoms with E-state index in [2.05, 4.69) is 20.7 Å². The Morgan fingerprint density at radius 3 is 2.92 bits per heavy atom. The molecule has 2 fully saturated rings. The van der Waals surface area contributed by atoms with E-state index in [0.29, 0.717) is 48.0 Å². The Balaban J connectivity index is 1.39. The molecule has 1 amide bonds. The third kappa shape index (κ3) is 3.79. The lowest BCUT2D eigenvalue weighted by atomic mass is 10.0. The summed E-state index contributed by atoms with van der Waals surface area (Å²) < 4.78 is 23.4. The molecule has 36 heavy (non-hydrogen) atoms. The SMILES string of the molecule is CNc1cc(-c2cnc3n([C@H]4CCOC[C@H]4F)cccc2-3)nc2c(C(=O)N[C@H]3CCC[C@H]3O)cnn12. The van der Waals surface area contributed by atoms with Crippen molar-refractivity contribution >= 4 is 17.4 Å². The summed E-state index contributed by atoms with van der Waals surface area (Å²) in [6.45, 7) is 0.588. The van der Waals surface area contributed by atoms with E-state index in [-0.39, 0.29) is 24.6 Å². The van der Waals surface area contributed by atoms with Crippen molar-refractivity contribution in [3.05, 3.63) is 42.4 Å². The number of halogens is 1. The summed E-state index contributed by atoms with van der Waals surface area (Å²) in [5.41, 5.74) is 2.96. The Bertz CT molecular complexity index is 1390. The second-order valence-electron chi connectivity index (χ2n) is 9.42. The highest BCUT2D eigenvalue weighted by Crippen LogP contribution is 2.37. The van der Waals surface area contributed by atoms with Crippen molar-refractivity contribution in [2.24, 2.45) is 0 Å². The van der Waals surface area contributed by atoms with Gasteiger partial charge in [0.25, 0.3) is 5.91 Å². The average molecular weight is 494 g/mol. The molecule has 3 aliphatic heterocycles. The molecule has 2 aromatic heterocycles. The second-order valence-corrected chi connectivity index (χ2v) is 9.42. The predicted octanol–water partition coefficient (Wildman–Crippen LogP) is 2.68. The van der Waals surface area contributed by atoms with Gasteiger partial charge < -0.3 is 25.0 Å². The van der Waals surface area contributed by atoms with E-state index in [9.17, 15) is 14.3 Å². The van der Waals surface area contributed by atoms with Crippen LogP contribution in [0.4, 0.5) is 10.2 Å². The number of amides is 1. The number of carbonyl (C=O) groups is 1. The molecule has 1 saturated carbocycles. The van der Waals surface area contributed by atoms with E-state index in [1.807, 2.05) is 29.0 Å². The summed E-state index contributed by atoms with van der Waals surface area (Å²) in [4.78, 5) is 22.5. The van der Waals surface area contributed by atoms with Crippen LogP contribution in [0.15, 0.2) is 36.8 Å². The fourth-order valence-electron chi connectivity index (χ4n) is 5.33. The number of nitrogens with one attached hydrogen (secondary N) is 2. The van der Waals surface area contributed by atoms with Crippen LogP contribution in [0.3, 0.4) is 0 Å². The van der Waals surface area contributed by atoms with Gasteiger partial charge in [-0.25, -0.2) is 14.4 Å². The van der Waals surface area contributed by atoms with Gasteiger partial charge in [0.05, 0.1) is 36.7 Å². The summed E-state index contributed by atoms with van der Waals surface area (Å²) >= 11 is 0. The highest BCUT2D eigenvalue weighted by atomic mass is 19.1. The number of aliphatic hydroxyl groups is 1. The Hall–Kier alpha value is -3.57. The van der Waals surface area contributed by atoms with Gasteiger partial charge in [-0.15, -0.1) is 0 Å². The van der Waals surface area contributed by atoms with Crippen molar-refractivity contribution < 1.29 is 19.0 Å². The maximum absolute atomic E-state index is 14.7. The van der Waals surface area contributed by atoms with Crippen molar-refractivity contribution in [1.29, 1.82) is 0 Å². The van der Waals surface area contributed by atoms with Gasteiger partial charge in [0.15, 0.2) is 5.65 Å². The molecule has 3 N–H and O–H groups in total. The highest BCUT2D eigenvalue weighted by molar-refractivity contribution is 6.00. The van der Waals surface area contributed by atoms with E-state index < -0.39 is 12.3 Å². The van der Waals surface area contributed by atoms with Crippen LogP contribution in [0, 0.1) is 0 Å². The van der Waals surface area contributed by atoms with Gasteiger partial charge in [0.2, 0.25) is 0 Å². The van der Waals surface area contributed by atoms with Crippen LogP contribution < -0.4 is 10.6 Å². The van der Waals surface area contributed by atoms with E-state index in [1.165, 1.54) is 6.20 Å². The molecule has 0 radical (unpaired) electrons. The molecule has 1 aliphatic carbocycles. The number of anilines is 1. The molecule has 4 atom stereocenters. The second kappa shape index (κ2) is 9.14. The molecular weight excluding hydrogens is 465 g/mol. The normalized spacial score (nSPS) is 24.4. The topological polar surface area (TPSA) is 119 Å². The van der Waals surface area contributed by atoms with Gasteiger partial charge >= 0.3 is 0 Å². The van der Waals surface area contributed by atoms with Gasteiger partial charge in [-0.1, -0.05) is 0 Å². The van der Waals surface area contributed by atoms with Crippen molar-refractivity contribution in [1.82, 2.24) is 29.5 Å². The summed E-state index contributed by atoms with van der Waals surface area (Å²) in [6, 6.07) is 5.06. The zero-order chi connectivity index (χ0) is 24.8. The van der Waals surface area contributed by atoms with Crippen LogP contribution in [0.2, 0.25) is 0 Å². The first-order valence-electron chi connectivity index (χ1n) is 12.3.